The lowest BCUT2D eigenvalue weighted by molar-refractivity contribution is 0.225. The van der Waals surface area contributed by atoms with E-state index in [-0.39, 0.29) is 0 Å². The third kappa shape index (κ3) is 4.69. The molecular formula is C16H26N2O2. The maximum atomic E-state index is 9.79. The Labute approximate surface area is 121 Å². The van der Waals surface area contributed by atoms with Crippen molar-refractivity contribution in [2.45, 2.75) is 32.2 Å². The summed E-state index contributed by atoms with van der Waals surface area (Å²) in [6, 6.07) is 5.34. The molecular weight excluding hydrogens is 252 g/mol. The first kappa shape index (κ1) is 15.1. The van der Waals surface area contributed by atoms with E-state index < -0.39 is 0 Å². The van der Waals surface area contributed by atoms with Crippen molar-refractivity contribution in [2.75, 3.05) is 33.3 Å². The first-order valence-corrected chi connectivity index (χ1v) is 7.58. The second-order valence-corrected chi connectivity index (χ2v) is 5.43. The molecule has 1 aromatic rings. The van der Waals surface area contributed by atoms with Gasteiger partial charge in [-0.1, -0.05) is 6.42 Å². The van der Waals surface area contributed by atoms with Gasteiger partial charge >= 0.3 is 0 Å². The fraction of sp³-hybridized carbons (Fsp3) is 0.625. The molecule has 2 rings (SSSR count). The zero-order valence-electron chi connectivity index (χ0n) is 12.4. The highest BCUT2D eigenvalue weighted by Crippen LogP contribution is 2.22. The number of benzene rings is 1. The quantitative estimate of drug-likeness (QED) is 0.752. The molecule has 4 nitrogen and oxygen atoms in total. The van der Waals surface area contributed by atoms with Crippen LogP contribution in [0.3, 0.4) is 0 Å². The Morgan fingerprint density at radius 3 is 2.80 bits per heavy atom. The van der Waals surface area contributed by atoms with Crippen molar-refractivity contribution < 1.29 is 9.84 Å². The van der Waals surface area contributed by atoms with Crippen molar-refractivity contribution in [1.82, 2.24) is 10.2 Å². The third-order valence-corrected chi connectivity index (χ3v) is 3.88. The van der Waals surface area contributed by atoms with E-state index in [1.54, 1.807) is 19.2 Å². The first-order valence-electron chi connectivity index (χ1n) is 7.58. The van der Waals surface area contributed by atoms with Crippen molar-refractivity contribution in [3.8, 4) is 11.5 Å². The maximum Gasteiger partial charge on any atom is 0.120 e. The first-order chi connectivity index (χ1) is 9.79. The number of likely N-dealkylation sites (tertiary alicyclic amines) is 1. The molecule has 1 aliphatic heterocycles. The molecule has 1 fully saturated rings. The highest BCUT2D eigenvalue weighted by Gasteiger charge is 2.09. The van der Waals surface area contributed by atoms with Crippen LogP contribution in [0.5, 0.6) is 11.5 Å². The van der Waals surface area contributed by atoms with Crippen LogP contribution in [0.4, 0.5) is 0 Å². The number of piperidine rings is 1. The fourth-order valence-electron chi connectivity index (χ4n) is 2.66. The highest BCUT2D eigenvalue weighted by atomic mass is 16.5. The van der Waals surface area contributed by atoms with Crippen molar-refractivity contribution in [3.63, 3.8) is 0 Å². The molecule has 0 aromatic heterocycles. The molecule has 1 aliphatic rings. The minimum atomic E-state index is 0.328. The number of phenols is 1. The van der Waals surface area contributed by atoms with Crippen molar-refractivity contribution in [3.05, 3.63) is 23.8 Å². The zero-order chi connectivity index (χ0) is 14.2. The Bertz CT molecular complexity index is 403. The van der Waals surface area contributed by atoms with Gasteiger partial charge in [-0.25, -0.2) is 0 Å². The summed E-state index contributed by atoms with van der Waals surface area (Å²) in [6.07, 6.45) is 5.25. The third-order valence-electron chi connectivity index (χ3n) is 3.88. The van der Waals surface area contributed by atoms with Crippen LogP contribution < -0.4 is 10.1 Å². The maximum absolute atomic E-state index is 9.79. The Kier molecular flexibility index (Phi) is 6.15. The molecule has 112 valence electrons. The van der Waals surface area contributed by atoms with E-state index >= 15 is 0 Å². The Morgan fingerprint density at radius 2 is 2.05 bits per heavy atom. The number of hydrogen-bond donors (Lipinski definition) is 2. The van der Waals surface area contributed by atoms with E-state index in [4.69, 9.17) is 4.74 Å². The lowest BCUT2D eigenvalue weighted by Gasteiger charge is -2.26. The molecule has 0 bridgehead atoms. The summed E-state index contributed by atoms with van der Waals surface area (Å²) < 4.78 is 5.17. The fourth-order valence-corrected chi connectivity index (χ4v) is 2.66. The average molecular weight is 278 g/mol. The van der Waals surface area contributed by atoms with Gasteiger partial charge in [0.2, 0.25) is 0 Å². The minimum absolute atomic E-state index is 0.328. The lowest BCUT2D eigenvalue weighted by atomic mass is 10.1. The van der Waals surface area contributed by atoms with Gasteiger partial charge in [0.05, 0.1) is 7.11 Å². The van der Waals surface area contributed by atoms with Crippen molar-refractivity contribution in [2.24, 2.45) is 0 Å². The molecule has 1 heterocycles. The van der Waals surface area contributed by atoms with Crippen LogP contribution in [0.15, 0.2) is 18.2 Å². The minimum Gasteiger partial charge on any atom is -0.508 e. The summed E-state index contributed by atoms with van der Waals surface area (Å²) >= 11 is 0. The summed E-state index contributed by atoms with van der Waals surface area (Å²) in [4.78, 5) is 2.55. The smallest absolute Gasteiger partial charge is 0.120 e. The summed E-state index contributed by atoms with van der Waals surface area (Å²) in [5.74, 6) is 1.11. The van der Waals surface area contributed by atoms with E-state index in [1.165, 1.54) is 38.9 Å². The zero-order valence-corrected chi connectivity index (χ0v) is 12.4. The van der Waals surface area contributed by atoms with Crippen molar-refractivity contribution in [1.29, 1.82) is 0 Å². The van der Waals surface area contributed by atoms with Crippen LogP contribution in [0.25, 0.3) is 0 Å². The molecule has 4 heteroatoms. The number of methoxy groups -OCH3 is 1. The molecule has 1 saturated heterocycles. The molecule has 20 heavy (non-hydrogen) atoms. The molecule has 0 atom stereocenters. The average Bonchev–Trinajstić information content (AvgIpc) is 2.50. The van der Waals surface area contributed by atoms with Gasteiger partial charge in [-0.05, 0) is 63.6 Å². The predicted octanol–water partition coefficient (Wildman–Crippen LogP) is 2.37. The van der Waals surface area contributed by atoms with Gasteiger partial charge in [-0.15, -0.1) is 0 Å². The van der Waals surface area contributed by atoms with E-state index in [2.05, 4.69) is 10.2 Å². The number of rotatable bonds is 7. The molecule has 0 amide bonds. The number of aromatic hydroxyl groups is 1. The van der Waals surface area contributed by atoms with Gasteiger partial charge < -0.3 is 20.1 Å². The van der Waals surface area contributed by atoms with Gasteiger partial charge in [0.15, 0.2) is 0 Å². The number of nitrogens with zero attached hydrogens (tertiary/aromatic N) is 1. The molecule has 0 spiro atoms. The molecule has 0 saturated carbocycles. The Hall–Kier alpha value is -1.26. The van der Waals surface area contributed by atoms with E-state index in [0.717, 1.165) is 24.3 Å². The number of ether oxygens (including phenoxy) is 1. The van der Waals surface area contributed by atoms with E-state index in [9.17, 15) is 5.11 Å². The van der Waals surface area contributed by atoms with E-state index in [1.807, 2.05) is 6.07 Å². The standard InChI is InChI=1S/C16H26N2O2/c1-20-15-6-7-16(19)14(12-15)13-17-8-5-11-18-9-3-2-4-10-18/h6-7,12,17,19H,2-5,8-11,13H2,1H3. The van der Waals surface area contributed by atoms with Crippen LogP contribution in [-0.2, 0) is 6.54 Å². The van der Waals surface area contributed by atoms with Gasteiger partial charge in [0.25, 0.3) is 0 Å². The second kappa shape index (κ2) is 8.12. The highest BCUT2D eigenvalue weighted by molar-refractivity contribution is 5.39. The summed E-state index contributed by atoms with van der Waals surface area (Å²) in [7, 11) is 1.64. The lowest BCUT2D eigenvalue weighted by Crippen LogP contribution is -2.32. The summed E-state index contributed by atoms with van der Waals surface area (Å²) in [5, 5.41) is 13.2. The van der Waals surface area contributed by atoms with Crippen LogP contribution >= 0.6 is 0 Å². The van der Waals surface area contributed by atoms with Crippen LogP contribution in [0.2, 0.25) is 0 Å². The van der Waals surface area contributed by atoms with Crippen molar-refractivity contribution >= 4 is 0 Å². The van der Waals surface area contributed by atoms with Crippen LogP contribution in [0, 0.1) is 0 Å². The SMILES string of the molecule is COc1ccc(O)c(CNCCCN2CCCCC2)c1. The molecule has 1 aromatic carbocycles. The summed E-state index contributed by atoms with van der Waals surface area (Å²) in [5.41, 5.74) is 0.891. The normalized spacial score (nSPS) is 16.2. The summed E-state index contributed by atoms with van der Waals surface area (Å²) in [6.45, 7) is 5.36. The number of hydrogen-bond acceptors (Lipinski definition) is 4. The van der Waals surface area contributed by atoms with Gasteiger partial charge in [0.1, 0.15) is 11.5 Å². The molecule has 0 radical (unpaired) electrons. The second-order valence-electron chi connectivity index (χ2n) is 5.43. The van der Waals surface area contributed by atoms with E-state index in [0.29, 0.717) is 12.3 Å². The predicted molar refractivity (Wildman–Crippen MR) is 81.3 cm³/mol. The Morgan fingerprint density at radius 1 is 1.25 bits per heavy atom. The monoisotopic (exact) mass is 278 g/mol. The van der Waals surface area contributed by atoms with Gasteiger partial charge in [-0.2, -0.15) is 0 Å². The van der Waals surface area contributed by atoms with Gasteiger partial charge in [0, 0.05) is 12.1 Å². The van der Waals surface area contributed by atoms with Crippen LogP contribution in [0.1, 0.15) is 31.2 Å². The topological polar surface area (TPSA) is 44.7 Å². The molecule has 2 N–H and O–H groups in total. The van der Waals surface area contributed by atoms with Crippen LogP contribution in [-0.4, -0.2) is 43.3 Å². The van der Waals surface area contributed by atoms with Gasteiger partial charge in [-0.3, -0.25) is 0 Å². The Balaban J connectivity index is 1.65. The number of phenolic OH excluding ortho intramolecular Hbond substituents is 1. The molecule has 0 aliphatic carbocycles. The number of nitrogens with one attached hydrogen (secondary N) is 1. The molecule has 0 unspecified atom stereocenters. The largest absolute Gasteiger partial charge is 0.508 e.